The van der Waals surface area contributed by atoms with Crippen molar-refractivity contribution in [3.63, 3.8) is 0 Å². The van der Waals surface area contributed by atoms with Gasteiger partial charge in [0.1, 0.15) is 5.65 Å². The van der Waals surface area contributed by atoms with Crippen LogP contribution in [0.15, 0.2) is 49.1 Å². The van der Waals surface area contributed by atoms with E-state index in [1.54, 1.807) is 0 Å². The molecule has 1 aliphatic heterocycles. The number of nitrogens with one attached hydrogen (secondary N) is 1. The van der Waals surface area contributed by atoms with Gasteiger partial charge in [0.15, 0.2) is 0 Å². The molecule has 1 saturated heterocycles. The van der Waals surface area contributed by atoms with Crippen molar-refractivity contribution in [3.8, 4) is 0 Å². The molecule has 0 aliphatic carbocycles. The molecule has 24 heavy (non-hydrogen) atoms. The van der Waals surface area contributed by atoms with E-state index in [1.807, 2.05) is 18.6 Å². The number of aromatic nitrogens is 3. The molecule has 0 aromatic carbocycles. The molecule has 4 heterocycles. The molecule has 1 N–H and O–H groups in total. The van der Waals surface area contributed by atoms with Crippen molar-refractivity contribution in [2.45, 2.75) is 19.5 Å². The van der Waals surface area contributed by atoms with Crippen LogP contribution in [0.2, 0.25) is 0 Å². The molecule has 1 atom stereocenters. The quantitative estimate of drug-likeness (QED) is 0.794. The molecular weight excluding hydrogens is 322 g/mol. The predicted molar refractivity (Wildman–Crippen MR) is 97.4 cm³/mol. The molecule has 1 fully saturated rings. The Morgan fingerprint density at radius 2 is 2.04 bits per heavy atom. The maximum atomic E-state index is 4.53. The van der Waals surface area contributed by atoms with Gasteiger partial charge in [-0.05, 0) is 36.2 Å². The zero-order chi connectivity index (χ0) is 15.6. The average molecular weight is 344 g/mol. The number of nitrogens with zero attached hydrogens (tertiary/aromatic N) is 4. The van der Waals surface area contributed by atoms with Crippen LogP contribution < -0.4 is 5.32 Å². The lowest BCUT2D eigenvalue weighted by Crippen LogP contribution is -2.45. The van der Waals surface area contributed by atoms with Crippen molar-refractivity contribution in [2.24, 2.45) is 0 Å². The highest BCUT2D eigenvalue weighted by molar-refractivity contribution is 5.85. The van der Waals surface area contributed by atoms with Crippen LogP contribution in [0.5, 0.6) is 0 Å². The molecule has 3 aromatic heterocycles. The second-order valence-electron chi connectivity index (χ2n) is 6.16. The zero-order valence-corrected chi connectivity index (χ0v) is 14.5. The fourth-order valence-electron chi connectivity index (χ4n) is 3.31. The minimum atomic E-state index is 0. The Hall–Kier alpha value is -1.95. The maximum Gasteiger partial charge on any atom is 0.136 e. The van der Waals surface area contributed by atoms with E-state index in [2.05, 4.69) is 62.0 Å². The Labute approximate surface area is 148 Å². The van der Waals surface area contributed by atoms with E-state index in [0.29, 0.717) is 6.04 Å². The number of aryl methyl sites for hydroxylation is 1. The molecule has 6 heteroatoms. The third kappa shape index (κ3) is 3.29. The monoisotopic (exact) mass is 343 g/mol. The second-order valence-corrected chi connectivity index (χ2v) is 6.16. The molecule has 4 rings (SSSR count). The third-order valence-corrected chi connectivity index (χ3v) is 4.54. The first-order chi connectivity index (χ1) is 11.3. The summed E-state index contributed by atoms with van der Waals surface area (Å²) < 4.78 is 2.21. The maximum absolute atomic E-state index is 4.53. The molecule has 0 spiro atoms. The zero-order valence-electron chi connectivity index (χ0n) is 13.7. The highest BCUT2D eigenvalue weighted by Gasteiger charge is 2.24. The van der Waals surface area contributed by atoms with Gasteiger partial charge in [-0.2, -0.15) is 0 Å². The number of piperazine rings is 1. The first-order valence-corrected chi connectivity index (χ1v) is 8.08. The van der Waals surface area contributed by atoms with Gasteiger partial charge in [0.05, 0.1) is 11.9 Å². The van der Waals surface area contributed by atoms with Gasteiger partial charge in [-0.3, -0.25) is 9.88 Å². The molecular formula is C18H22ClN5. The normalized spacial score (nSPS) is 18.5. The first-order valence-electron chi connectivity index (χ1n) is 8.08. The highest BCUT2D eigenvalue weighted by Crippen LogP contribution is 2.24. The SMILES string of the molecule is Cc1ccc2ncc(CN3CCNCC3c3ccncc3)n2c1.Cl. The van der Waals surface area contributed by atoms with Crippen LogP contribution in [0.25, 0.3) is 5.65 Å². The summed E-state index contributed by atoms with van der Waals surface area (Å²) in [5.41, 5.74) is 4.82. The minimum absolute atomic E-state index is 0. The van der Waals surface area contributed by atoms with Gasteiger partial charge in [0.2, 0.25) is 0 Å². The number of hydrogen-bond acceptors (Lipinski definition) is 4. The summed E-state index contributed by atoms with van der Waals surface area (Å²) in [5, 5.41) is 3.50. The Morgan fingerprint density at radius 1 is 1.21 bits per heavy atom. The van der Waals surface area contributed by atoms with Crippen LogP contribution in [-0.4, -0.2) is 38.9 Å². The van der Waals surface area contributed by atoms with Crippen LogP contribution in [0.1, 0.15) is 22.9 Å². The first kappa shape index (κ1) is 16.9. The fourth-order valence-corrected chi connectivity index (χ4v) is 3.31. The van der Waals surface area contributed by atoms with Crippen LogP contribution >= 0.6 is 12.4 Å². The van der Waals surface area contributed by atoms with Gasteiger partial charge >= 0.3 is 0 Å². The number of fused-ring (bicyclic) bond motifs is 1. The van der Waals surface area contributed by atoms with Crippen molar-refractivity contribution >= 4 is 18.1 Å². The van der Waals surface area contributed by atoms with Crippen LogP contribution in [0.3, 0.4) is 0 Å². The van der Waals surface area contributed by atoms with Crippen molar-refractivity contribution < 1.29 is 0 Å². The summed E-state index contributed by atoms with van der Waals surface area (Å²) in [4.78, 5) is 11.2. The third-order valence-electron chi connectivity index (χ3n) is 4.54. The molecule has 1 aliphatic rings. The summed E-state index contributed by atoms with van der Waals surface area (Å²) in [6, 6.07) is 8.79. The van der Waals surface area contributed by atoms with E-state index in [9.17, 15) is 0 Å². The van der Waals surface area contributed by atoms with E-state index < -0.39 is 0 Å². The highest BCUT2D eigenvalue weighted by atomic mass is 35.5. The largest absolute Gasteiger partial charge is 0.314 e. The summed E-state index contributed by atoms with van der Waals surface area (Å²) in [7, 11) is 0. The molecule has 0 amide bonds. The van der Waals surface area contributed by atoms with E-state index in [4.69, 9.17) is 0 Å². The van der Waals surface area contributed by atoms with Crippen molar-refractivity contribution in [1.29, 1.82) is 0 Å². The minimum Gasteiger partial charge on any atom is -0.314 e. The number of rotatable bonds is 3. The van der Waals surface area contributed by atoms with Gasteiger partial charge in [0.25, 0.3) is 0 Å². The summed E-state index contributed by atoms with van der Waals surface area (Å²) in [6.45, 7) is 6.05. The van der Waals surface area contributed by atoms with Crippen LogP contribution in [0.4, 0.5) is 0 Å². The number of halogens is 1. The van der Waals surface area contributed by atoms with Gasteiger partial charge in [-0.1, -0.05) is 6.07 Å². The van der Waals surface area contributed by atoms with Crippen molar-refractivity contribution in [2.75, 3.05) is 19.6 Å². The van der Waals surface area contributed by atoms with Gasteiger partial charge in [-0.25, -0.2) is 4.98 Å². The van der Waals surface area contributed by atoms with Crippen LogP contribution in [0, 0.1) is 6.92 Å². The number of hydrogen-bond donors (Lipinski definition) is 1. The van der Waals surface area contributed by atoms with Gasteiger partial charge in [0, 0.05) is 50.8 Å². The average Bonchev–Trinajstić information content (AvgIpc) is 2.98. The van der Waals surface area contributed by atoms with Gasteiger partial charge in [-0.15, -0.1) is 12.4 Å². The topological polar surface area (TPSA) is 45.5 Å². The Morgan fingerprint density at radius 3 is 2.88 bits per heavy atom. The Bertz CT molecular complexity index is 802. The smallest absolute Gasteiger partial charge is 0.136 e. The molecule has 0 radical (unpaired) electrons. The lowest BCUT2D eigenvalue weighted by molar-refractivity contribution is 0.151. The molecule has 126 valence electrons. The van der Waals surface area contributed by atoms with Gasteiger partial charge < -0.3 is 9.72 Å². The lowest BCUT2D eigenvalue weighted by Gasteiger charge is -2.36. The summed E-state index contributed by atoms with van der Waals surface area (Å²) in [5.74, 6) is 0. The Balaban J connectivity index is 0.00000169. The number of pyridine rings is 2. The standard InChI is InChI=1S/C18H21N5.ClH/c1-14-2-3-18-21-10-16(23(18)12-14)13-22-9-8-20-11-17(22)15-4-6-19-7-5-15;/h2-7,10,12,17,20H,8-9,11,13H2,1H3;1H. The molecule has 0 saturated carbocycles. The molecule has 3 aromatic rings. The van der Waals surface area contributed by atoms with Crippen LogP contribution in [-0.2, 0) is 6.54 Å². The second kappa shape index (κ2) is 7.30. The number of imidazole rings is 1. The summed E-state index contributed by atoms with van der Waals surface area (Å²) >= 11 is 0. The Kier molecular flexibility index (Phi) is 5.14. The lowest BCUT2D eigenvalue weighted by atomic mass is 10.0. The van der Waals surface area contributed by atoms with E-state index >= 15 is 0 Å². The molecule has 5 nitrogen and oxygen atoms in total. The van der Waals surface area contributed by atoms with E-state index in [0.717, 1.165) is 31.8 Å². The summed E-state index contributed by atoms with van der Waals surface area (Å²) in [6.07, 6.45) is 7.92. The van der Waals surface area contributed by atoms with Crippen molar-refractivity contribution in [1.82, 2.24) is 24.6 Å². The predicted octanol–water partition coefficient (Wildman–Crippen LogP) is 2.61. The van der Waals surface area contributed by atoms with Crippen molar-refractivity contribution in [3.05, 3.63) is 65.9 Å². The fraction of sp³-hybridized carbons (Fsp3) is 0.333. The molecule has 1 unspecified atom stereocenters. The molecule has 0 bridgehead atoms. The van der Waals surface area contributed by atoms with E-state index in [1.165, 1.54) is 16.8 Å². The van der Waals surface area contributed by atoms with E-state index in [-0.39, 0.29) is 12.4 Å².